The van der Waals surface area contributed by atoms with Gasteiger partial charge in [-0.05, 0) is 55.7 Å². The largest absolute Gasteiger partial charge is 0.494 e. The summed E-state index contributed by atoms with van der Waals surface area (Å²) < 4.78 is 38.0. The SMILES string of the molecule is CCCCOc1ccc(C2CCN(S(=O)(=O)C3(C(=O)NO)CCN(CCOC)CC3)CC2)cc1.Cl. The average molecular weight is 534 g/mol. The van der Waals surface area contributed by atoms with E-state index < -0.39 is 20.7 Å². The third-order valence-corrected chi connectivity index (χ3v) is 9.82. The summed E-state index contributed by atoms with van der Waals surface area (Å²) in [5.74, 6) is 0.278. The zero-order chi connectivity index (χ0) is 24.6. The molecular formula is C24H40ClN3O6S. The number of sulfonamides is 1. The molecule has 1 aromatic rings. The predicted octanol–water partition coefficient (Wildman–Crippen LogP) is 2.78. The molecule has 2 fully saturated rings. The highest BCUT2D eigenvalue weighted by Gasteiger charge is 2.55. The van der Waals surface area contributed by atoms with E-state index in [4.69, 9.17) is 9.47 Å². The van der Waals surface area contributed by atoms with Crippen molar-refractivity contribution >= 4 is 28.3 Å². The van der Waals surface area contributed by atoms with Crippen LogP contribution in [0, 0.1) is 0 Å². The molecule has 0 aromatic heterocycles. The molecule has 200 valence electrons. The van der Waals surface area contributed by atoms with Gasteiger partial charge in [-0.3, -0.25) is 10.0 Å². The smallest absolute Gasteiger partial charge is 0.266 e. The van der Waals surface area contributed by atoms with Crippen molar-refractivity contribution < 1.29 is 27.9 Å². The first-order valence-corrected chi connectivity index (χ1v) is 13.7. The second-order valence-corrected chi connectivity index (χ2v) is 11.5. The highest BCUT2D eigenvalue weighted by molar-refractivity contribution is 7.91. The number of nitrogens with one attached hydrogen (secondary N) is 1. The van der Waals surface area contributed by atoms with Crippen LogP contribution in [0.1, 0.15) is 56.9 Å². The Labute approximate surface area is 215 Å². The van der Waals surface area contributed by atoms with Gasteiger partial charge in [0.05, 0.1) is 13.2 Å². The van der Waals surface area contributed by atoms with Crippen LogP contribution >= 0.6 is 12.4 Å². The lowest BCUT2D eigenvalue weighted by molar-refractivity contribution is -0.133. The Morgan fingerprint density at radius 2 is 1.74 bits per heavy atom. The minimum absolute atomic E-state index is 0. The molecule has 1 aromatic carbocycles. The van der Waals surface area contributed by atoms with E-state index in [9.17, 15) is 18.4 Å². The number of ether oxygens (including phenoxy) is 2. The van der Waals surface area contributed by atoms with Crippen molar-refractivity contribution in [2.45, 2.75) is 56.1 Å². The van der Waals surface area contributed by atoms with Gasteiger partial charge in [0.25, 0.3) is 5.91 Å². The summed E-state index contributed by atoms with van der Waals surface area (Å²) in [7, 11) is -2.32. The summed E-state index contributed by atoms with van der Waals surface area (Å²) in [5.41, 5.74) is 2.81. The van der Waals surface area contributed by atoms with Crippen LogP contribution in [-0.2, 0) is 19.6 Å². The lowest BCUT2D eigenvalue weighted by Crippen LogP contribution is -2.62. The Morgan fingerprint density at radius 3 is 2.29 bits per heavy atom. The minimum Gasteiger partial charge on any atom is -0.494 e. The molecular weight excluding hydrogens is 494 g/mol. The summed E-state index contributed by atoms with van der Waals surface area (Å²) in [6.07, 6.45) is 3.77. The van der Waals surface area contributed by atoms with E-state index in [2.05, 4.69) is 24.0 Å². The molecule has 0 atom stereocenters. The zero-order valence-electron chi connectivity index (χ0n) is 20.8. The highest BCUT2D eigenvalue weighted by Crippen LogP contribution is 2.37. The third-order valence-electron chi connectivity index (χ3n) is 7.20. The van der Waals surface area contributed by atoms with Crippen LogP contribution in [0.4, 0.5) is 0 Å². The standard InChI is InChI=1S/C24H39N3O6S.ClH/c1-3-4-18-33-22-7-5-20(6-8-22)21-9-13-27(14-10-21)34(30,31)24(23(28)25-29)11-15-26(16-12-24)17-19-32-2;/h5-8,21,29H,3-4,9-19H2,1-2H3,(H,25,28);1H. The number of benzene rings is 1. The van der Waals surface area contributed by atoms with Crippen molar-refractivity contribution in [3.8, 4) is 5.75 Å². The van der Waals surface area contributed by atoms with Gasteiger partial charge in [-0.25, -0.2) is 18.2 Å². The number of hydrogen-bond acceptors (Lipinski definition) is 7. The van der Waals surface area contributed by atoms with E-state index >= 15 is 0 Å². The van der Waals surface area contributed by atoms with E-state index in [1.165, 1.54) is 9.87 Å². The van der Waals surface area contributed by atoms with Crippen molar-refractivity contribution in [3.63, 3.8) is 0 Å². The molecule has 2 aliphatic rings. The first kappa shape index (κ1) is 29.8. The van der Waals surface area contributed by atoms with Gasteiger partial charge in [0.15, 0.2) is 4.75 Å². The zero-order valence-corrected chi connectivity index (χ0v) is 22.4. The number of halogens is 1. The lowest BCUT2D eigenvalue weighted by atomic mass is 9.90. The summed E-state index contributed by atoms with van der Waals surface area (Å²) in [6.45, 7) is 5.69. The Balaban J connectivity index is 0.00000432. The predicted molar refractivity (Wildman–Crippen MR) is 137 cm³/mol. The maximum Gasteiger partial charge on any atom is 0.266 e. The molecule has 0 bridgehead atoms. The molecule has 0 spiro atoms. The van der Waals surface area contributed by atoms with Gasteiger partial charge >= 0.3 is 0 Å². The maximum absolute atomic E-state index is 13.7. The first-order valence-electron chi connectivity index (χ1n) is 12.3. The second kappa shape index (κ2) is 13.8. The lowest BCUT2D eigenvalue weighted by Gasteiger charge is -2.43. The fourth-order valence-electron chi connectivity index (χ4n) is 4.91. The van der Waals surface area contributed by atoms with Crippen LogP contribution < -0.4 is 10.2 Å². The van der Waals surface area contributed by atoms with Gasteiger partial charge < -0.3 is 14.4 Å². The molecule has 35 heavy (non-hydrogen) atoms. The van der Waals surface area contributed by atoms with Crippen molar-refractivity contribution in [2.24, 2.45) is 0 Å². The van der Waals surface area contributed by atoms with Crippen LogP contribution in [-0.4, -0.2) is 86.5 Å². The number of hydrogen-bond donors (Lipinski definition) is 2. The van der Waals surface area contributed by atoms with E-state index in [1.54, 1.807) is 12.6 Å². The molecule has 9 nitrogen and oxygen atoms in total. The monoisotopic (exact) mass is 533 g/mol. The minimum atomic E-state index is -3.94. The topological polar surface area (TPSA) is 108 Å². The number of carbonyl (C=O) groups excluding carboxylic acids is 1. The van der Waals surface area contributed by atoms with Crippen LogP contribution in [0.25, 0.3) is 0 Å². The number of piperidine rings is 2. The van der Waals surface area contributed by atoms with Crippen molar-refractivity contribution in [1.82, 2.24) is 14.7 Å². The Hall–Kier alpha value is -1.43. The number of likely N-dealkylation sites (tertiary alicyclic amines) is 1. The molecule has 3 rings (SSSR count). The molecule has 1 amide bonds. The van der Waals surface area contributed by atoms with Gasteiger partial charge in [0.2, 0.25) is 10.0 Å². The fraction of sp³-hybridized carbons (Fsp3) is 0.708. The number of rotatable bonds is 11. The van der Waals surface area contributed by atoms with Crippen molar-refractivity contribution in [3.05, 3.63) is 29.8 Å². The van der Waals surface area contributed by atoms with Crippen molar-refractivity contribution in [1.29, 1.82) is 0 Å². The van der Waals surface area contributed by atoms with Gasteiger partial charge in [-0.2, -0.15) is 0 Å². The van der Waals surface area contributed by atoms with Gasteiger partial charge in [-0.1, -0.05) is 25.5 Å². The Morgan fingerprint density at radius 1 is 1.11 bits per heavy atom. The Bertz CT molecular complexity index is 883. The van der Waals surface area contributed by atoms with Crippen LogP contribution in [0.3, 0.4) is 0 Å². The molecule has 2 saturated heterocycles. The maximum atomic E-state index is 13.7. The van der Waals surface area contributed by atoms with Gasteiger partial charge in [-0.15, -0.1) is 12.4 Å². The van der Waals surface area contributed by atoms with E-state index in [-0.39, 0.29) is 31.2 Å². The van der Waals surface area contributed by atoms with Crippen LogP contribution in [0.15, 0.2) is 24.3 Å². The number of methoxy groups -OCH3 is 1. The summed E-state index contributed by atoms with van der Waals surface area (Å²) >= 11 is 0. The van der Waals surface area contributed by atoms with E-state index in [1.807, 2.05) is 12.1 Å². The quantitative estimate of drug-likeness (QED) is 0.256. The molecule has 2 N–H and O–H groups in total. The first-order chi connectivity index (χ1) is 16.4. The molecule has 11 heteroatoms. The summed E-state index contributed by atoms with van der Waals surface area (Å²) in [6, 6.07) is 8.08. The Kier molecular flexibility index (Phi) is 11.7. The average Bonchev–Trinajstić information content (AvgIpc) is 2.88. The molecule has 2 heterocycles. The number of nitrogens with zero attached hydrogens (tertiary/aromatic N) is 2. The summed E-state index contributed by atoms with van der Waals surface area (Å²) in [5, 5.41) is 9.38. The van der Waals surface area contributed by atoms with E-state index in [0.29, 0.717) is 58.8 Å². The number of unbranched alkanes of at least 4 members (excludes halogenated alkanes) is 1. The second-order valence-electron chi connectivity index (χ2n) is 9.22. The number of carbonyl (C=O) groups is 1. The number of amides is 1. The molecule has 0 saturated carbocycles. The molecule has 0 unspecified atom stereocenters. The molecule has 0 aliphatic carbocycles. The van der Waals surface area contributed by atoms with E-state index in [0.717, 1.165) is 18.6 Å². The third kappa shape index (κ3) is 6.87. The fourth-order valence-corrected chi connectivity index (χ4v) is 7.07. The van der Waals surface area contributed by atoms with Gasteiger partial charge in [0.1, 0.15) is 5.75 Å². The van der Waals surface area contributed by atoms with Gasteiger partial charge in [0, 0.05) is 39.8 Å². The van der Waals surface area contributed by atoms with Crippen LogP contribution in [0.5, 0.6) is 5.75 Å². The number of hydroxylamine groups is 1. The molecule has 2 aliphatic heterocycles. The normalized spacial score (nSPS) is 19.6. The molecule has 0 radical (unpaired) electrons. The van der Waals surface area contributed by atoms with Crippen molar-refractivity contribution in [2.75, 3.05) is 53.0 Å². The summed E-state index contributed by atoms with van der Waals surface area (Å²) in [4.78, 5) is 14.8. The highest BCUT2D eigenvalue weighted by atomic mass is 35.5. The van der Waals surface area contributed by atoms with Crippen LogP contribution in [0.2, 0.25) is 0 Å².